The van der Waals surface area contributed by atoms with Crippen molar-refractivity contribution in [2.75, 3.05) is 11.1 Å². The second-order valence-electron chi connectivity index (χ2n) is 6.36. The van der Waals surface area contributed by atoms with Gasteiger partial charge >= 0.3 is 0 Å². The Morgan fingerprint density at radius 2 is 2.19 bits per heavy atom. The van der Waals surface area contributed by atoms with Crippen LogP contribution in [-0.4, -0.2) is 31.7 Å². The van der Waals surface area contributed by atoms with Crippen molar-refractivity contribution in [3.63, 3.8) is 0 Å². The van der Waals surface area contributed by atoms with Gasteiger partial charge in [0.05, 0.1) is 21.7 Å². The first-order valence-electron chi connectivity index (χ1n) is 8.81. The van der Waals surface area contributed by atoms with E-state index in [1.54, 1.807) is 11.3 Å². The molecular weight excluding hydrogens is 460 g/mol. The van der Waals surface area contributed by atoms with Crippen molar-refractivity contribution < 1.29 is 14.8 Å². The summed E-state index contributed by atoms with van der Waals surface area (Å²) >= 11 is 3.98. The number of non-ortho nitro benzene ring substituents is 1. The number of aromatic hydroxyl groups is 1. The molecule has 31 heavy (non-hydrogen) atoms. The van der Waals surface area contributed by atoms with Crippen LogP contribution in [0.25, 0.3) is 20.7 Å². The Kier molecular flexibility index (Phi) is 5.76. The number of benzene rings is 1. The zero-order valence-electron chi connectivity index (χ0n) is 15.9. The average Bonchev–Trinajstić information content (AvgIpc) is 3.35. The van der Waals surface area contributed by atoms with Crippen LogP contribution >= 0.6 is 34.4 Å². The van der Waals surface area contributed by atoms with Crippen molar-refractivity contribution in [2.45, 2.75) is 12.1 Å². The van der Waals surface area contributed by atoms with Crippen LogP contribution in [0.15, 0.2) is 45.7 Å². The van der Waals surface area contributed by atoms with E-state index < -0.39 is 10.8 Å². The quantitative estimate of drug-likeness (QED) is 0.124. The number of thioether (sulfide) groups is 1. The lowest BCUT2D eigenvalue weighted by atomic mass is 10.1. The fourth-order valence-electron chi connectivity index (χ4n) is 2.94. The van der Waals surface area contributed by atoms with Crippen LogP contribution in [0, 0.1) is 17.0 Å². The molecule has 1 amide bonds. The molecule has 1 aromatic carbocycles. The molecule has 0 saturated carbocycles. The minimum atomic E-state index is -0.624. The SMILES string of the molecule is Cc1sc2nc(SCC(=O)Nc3cc([N+](=O)[O-])ccc3O)[nH]c(=O)c2c1-c1cccs1. The first-order valence-corrected chi connectivity index (χ1v) is 11.5. The van der Waals surface area contributed by atoms with Crippen molar-refractivity contribution in [1.82, 2.24) is 9.97 Å². The minimum Gasteiger partial charge on any atom is -0.506 e. The fraction of sp³-hybridized carbons (Fsp3) is 0.105. The zero-order valence-corrected chi connectivity index (χ0v) is 18.3. The van der Waals surface area contributed by atoms with E-state index in [1.807, 2.05) is 24.4 Å². The lowest BCUT2D eigenvalue weighted by Crippen LogP contribution is -2.15. The van der Waals surface area contributed by atoms with E-state index in [9.17, 15) is 24.8 Å². The highest BCUT2D eigenvalue weighted by Crippen LogP contribution is 2.38. The number of nitro benzene ring substituents is 1. The van der Waals surface area contributed by atoms with E-state index in [1.165, 1.54) is 11.3 Å². The largest absolute Gasteiger partial charge is 0.506 e. The van der Waals surface area contributed by atoms with E-state index in [4.69, 9.17) is 0 Å². The molecule has 0 saturated heterocycles. The van der Waals surface area contributed by atoms with Gasteiger partial charge in [0.15, 0.2) is 5.16 Å². The number of carbonyl (C=O) groups excluding carboxylic acids is 1. The van der Waals surface area contributed by atoms with E-state index >= 15 is 0 Å². The number of aromatic nitrogens is 2. The number of anilines is 1. The predicted molar refractivity (Wildman–Crippen MR) is 122 cm³/mol. The van der Waals surface area contributed by atoms with Crippen LogP contribution < -0.4 is 10.9 Å². The van der Waals surface area contributed by atoms with Crippen LogP contribution in [-0.2, 0) is 4.79 Å². The van der Waals surface area contributed by atoms with Crippen LogP contribution in [0.1, 0.15) is 4.88 Å². The normalized spacial score (nSPS) is 11.0. The van der Waals surface area contributed by atoms with Gasteiger partial charge in [-0.05, 0) is 24.4 Å². The third-order valence-electron chi connectivity index (χ3n) is 4.29. The molecule has 0 aliphatic rings. The Bertz CT molecular complexity index is 1360. The molecule has 0 fully saturated rings. The molecule has 12 heteroatoms. The Morgan fingerprint density at radius 3 is 2.90 bits per heavy atom. The van der Waals surface area contributed by atoms with Gasteiger partial charge in [-0.15, -0.1) is 22.7 Å². The number of phenolic OH excluding ortho intramolecular Hbond substituents is 1. The van der Waals surface area contributed by atoms with Gasteiger partial charge in [0.25, 0.3) is 11.2 Å². The summed E-state index contributed by atoms with van der Waals surface area (Å²) in [5, 5.41) is 25.9. The standard InChI is InChI=1S/C19H14N4O5S3/c1-9-15(13-3-2-6-29-13)16-17(26)21-19(22-18(16)31-9)30-8-14(25)20-11-7-10(23(27)28)4-5-12(11)24/h2-7,24H,8H2,1H3,(H,20,25)(H,21,22,26). The van der Waals surface area contributed by atoms with Gasteiger partial charge in [-0.25, -0.2) is 4.98 Å². The van der Waals surface area contributed by atoms with Gasteiger partial charge in [-0.2, -0.15) is 0 Å². The Morgan fingerprint density at radius 1 is 1.39 bits per heavy atom. The molecule has 4 rings (SSSR count). The number of aromatic amines is 1. The molecule has 0 unspecified atom stereocenters. The summed E-state index contributed by atoms with van der Waals surface area (Å²) in [7, 11) is 0. The average molecular weight is 475 g/mol. The molecule has 9 nitrogen and oxygen atoms in total. The highest BCUT2D eigenvalue weighted by Gasteiger charge is 2.18. The highest BCUT2D eigenvalue weighted by molar-refractivity contribution is 7.99. The van der Waals surface area contributed by atoms with Crippen molar-refractivity contribution in [2.24, 2.45) is 0 Å². The molecule has 4 aromatic rings. The maximum atomic E-state index is 12.7. The number of amides is 1. The summed E-state index contributed by atoms with van der Waals surface area (Å²) in [6.07, 6.45) is 0. The van der Waals surface area contributed by atoms with Gasteiger partial charge in [0, 0.05) is 27.5 Å². The number of phenols is 1. The lowest BCUT2D eigenvalue weighted by molar-refractivity contribution is -0.384. The van der Waals surface area contributed by atoms with Crippen LogP contribution in [0.4, 0.5) is 11.4 Å². The molecule has 0 aliphatic heterocycles. The number of hydrogen-bond donors (Lipinski definition) is 3. The van der Waals surface area contributed by atoms with E-state index in [0.29, 0.717) is 10.2 Å². The lowest BCUT2D eigenvalue weighted by Gasteiger charge is -2.07. The highest BCUT2D eigenvalue weighted by atomic mass is 32.2. The molecule has 158 valence electrons. The molecule has 3 aromatic heterocycles. The Balaban J connectivity index is 1.52. The van der Waals surface area contributed by atoms with Crippen LogP contribution in [0.3, 0.4) is 0 Å². The molecule has 0 spiro atoms. The summed E-state index contributed by atoms with van der Waals surface area (Å²) in [6.45, 7) is 1.94. The van der Waals surface area contributed by atoms with Gasteiger partial charge in [-0.1, -0.05) is 17.8 Å². The summed E-state index contributed by atoms with van der Waals surface area (Å²) < 4.78 is 0. The van der Waals surface area contributed by atoms with Crippen molar-refractivity contribution in [1.29, 1.82) is 0 Å². The fourth-order valence-corrected chi connectivity index (χ4v) is 5.60. The second-order valence-corrected chi connectivity index (χ2v) is 9.47. The van der Waals surface area contributed by atoms with Crippen molar-refractivity contribution in [3.05, 3.63) is 61.1 Å². The number of nitrogens with zero attached hydrogens (tertiary/aromatic N) is 2. The summed E-state index contributed by atoms with van der Waals surface area (Å²) in [5.74, 6) is -0.907. The molecule has 0 radical (unpaired) electrons. The number of H-pyrrole nitrogens is 1. The van der Waals surface area contributed by atoms with Crippen LogP contribution in [0.2, 0.25) is 0 Å². The molecule has 3 heterocycles. The molecular formula is C19H14N4O5S3. The van der Waals surface area contributed by atoms with Gasteiger partial charge in [0.2, 0.25) is 5.91 Å². The Hall–Kier alpha value is -3.22. The number of aryl methyl sites for hydroxylation is 1. The number of nitro groups is 1. The molecule has 0 aliphatic carbocycles. The zero-order chi connectivity index (χ0) is 22.1. The number of rotatable bonds is 6. The number of thiophene rings is 2. The molecule has 0 atom stereocenters. The maximum Gasteiger partial charge on any atom is 0.271 e. The second kappa shape index (κ2) is 8.49. The first-order chi connectivity index (χ1) is 14.8. The van der Waals surface area contributed by atoms with Gasteiger partial charge < -0.3 is 15.4 Å². The van der Waals surface area contributed by atoms with Crippen molar-refractivity contribution >= 4 is 61.9 Å². The molecule has 3 N–H and O–H groups in total. The van der Waals surface area contributed by atoms with Gasteiger partial charge in [-0.3, -0.25) is 19.7 Å². The third kappa shape index (κ3) is 4.31. The number of fused-ring (bicyclic) bond motifs is 1. The first kappa shape index (κ1) is 21.0. The minimum absolute atomic E-state index is 0.0637. The van der Waals surface area contributed by atoms with Gasteiger partial charge in [0.1, 0.15) is 10.6 Å². The molecule has 0 bridgehead atoms. The van der Waals surface area contributed by atoms with Crippen LogP contribution in [0.5, 0.6) is 5.75 Å². The van der Waals surface area contributed by atoms with E-state index in [0.717, 1.165) is 45.3 Å². The smallest absolute Gasteiger partial charge is 0.271 e. The number of carbonyl (C=O) groups is 1. The third-order valence-corrected chi connectivity index (χ3v) is 7.05. The Labute approximate surface area is 186 Å². The van der Waals surface area contributed by atoms with Crippen molar-refractivity contribution in [3.8, 4) is 16.2 Å². The summed E-state index contributed by atoms with van der Waals surface area (Å²) in [5.41, 5.74) is 0.272. The number of hydrogen-bond acceptors (Lipinski definition) is 9. The summed E-state index contributed by atoms with van der Waals surface area (Å²) in [4.78, 5) is 45.0. The number of nitrogens with one attached hydrogen (secondary N) is 2. The predicted octanol–water partition coefficient (Wildman–Crippen LogP) is 4.37. The maximum absolute atomic E-state index is 12.7. The summed E-state index contributed by atoms with van der Waals surface area (Å²) in [6, 6.07) is 7.22. The monoisotopic (exact) mass is 474 g/mol. The van der Waals surface area contributed by atoms with E-state index in [2.05, 4.69) is 15.3 Å². The topological polar surface area (TPSA) is 138 Å². The van der Waals surface area contributed by atoms with E-state index in [-0.39, 0.29) is 33.6 Å².